The minimum absolute atomic E-state index is 0.112. The van der Waals surface area contributed by atoms with E-state index in [0.29, 0.717) is 40.5 Å². The predicted octanol–water partition coefficient (Wildman–Crippen LogP) is 4.30. The maximum absolute atomic E-state index is 12.6. The molecule has 128 valence electrons. The number of hydrogen-bond donors (Lipinski definition) is 1. The van der Waals surface area contributed by atoms with Crippen molar-refractivity contribution < 1.29 is 14.3 Å². The van der Waals surface area contributed by atoms with Crippen LogP contribution in [0.4, 0.5) is 0 Å². The van der Waals surface area contributed by atoms with Gasteiger partial charge in [0.25, 0.3) is 5.91 Å². The van der Waals surface area contributed by atoms with E-state index in [1.54, 1.807) is 19.2 Å². The molecule has 1 N–H and O–H groups in total. The normalized spacial score (nSPS) is 24.1. The molecule has 0 aliphatic heterocycles. The third-order valence-corrected chi connectivity index (χ3v) is 5.08. The summed E-state index contributed by atoms with van der Waals surface area (Å²) in [7, 11) is 1.54. The molecule has 1 aliphatic rings. The van der Waals surface area contributed by atoms with Crippen LogP contribution in [-0.2, 0) is 0 Å². The summed E-state index contributed by atoms with van der Waals surface area (Å²) in [6.45, 7) is 6.82. The summed E-state index contributed by atoms with van der Waals surface area (Å²) in [4.78, 5) is 12.6. The molecule has 0 bridgehead atoms. The quantitative estimate of drug-likeness (QED) is 0.869. The number of ether oxygens (including phenoxy) is 2. The third-order valence-electron chi connectivity index (χ3n) is 4.80. The van der Waals surface area contributed by atoms with Gasteiger partial charge in [-0.15, -0.1) is 0 Å². The molecule has 1 aliphatic carbocycles. The van der Waals surface area contributed by atoms with Crippen LogP contribution in [0.25, 0.3) is 0 Å². The molecule has 0 spiro atoms. The molecule has 1 amide bonds. The van der Waals surface area contributed by atoms with Crippen LogP contribution in [0.3, 0.4) is 0 Å². The number of benzene rings is 1. The van der Waals surface area contributed by atoms with Gasteiger partial charge in [-0.2, -0.15) is 0 Å². The molecule has 5 heteroatoms. The van der Waals surface area contributed by atoms with Crippen molar-refractivity contribution >= 4 is 17.5 Å². The van der Waals surface area contributed by atoms with Crippen LogP contribution >= 0.6 is 11.6 Å². The van der Waals surface area contributed by atoms with Crippen molar-refractivity contribution in [2.75, 3.05) is 13.7 Å². The molecular formula is C18H26ClNO3. The average molecular weight is 340 g/mol. The Morgan fingerprint density at radius 3 is 2.74 bits per heavy atom. The average Bonchev–Trinajstić information content (AvgIpc) is 2.53. The summed E-state index contributed by atoms with van der Waals surface area (Å²) in [6, 6.07) is 3.53. The van der Waals surface area contributed by atoms with E-state index >= 15 is 0 Å². The number of methoxy groups -OCH3 is 1. The van der Waals surface area contributed by atoms with Crippen molar-refractivity contribution in [2.24, 2.45) is 11.8 Å². The maximum Gasteiger partial charge on any atom is 0.251 e. The lowest BCUT2D eigenvalue weighted by molar-refractivity contribution is 0.0890. The van der Waals surface area contributed by atoms with Gasteiger partial charge >= 0.3 is 0 Å². The zero-order valence-corrected chi connectivity index (χ0v) is 15.1. The number of carbonyl (C=O) groups excluding carboxylic acids is 1. The summed E-state index contributed by atoms with van der Waals surface area (Å²) in [6.07, 6.45) is 3.42. The summed E-state index contributed by atoms with van der Waals surface area (Å²) >= 11 is 6.25. The van der Waals surface area contributed by atoms with Crippen molar-refractivity contribution in [1.82, 2.24) is 5.32 Å². The van der Waals surface area contributed by atoms with Gasteiger partial charge in [0, 0.05) is 11.6 Å². The Kier molecular flexibility index (Phi) is 6.17. The fourth-order valence-electron chi connectivity index (χ4n) is 3.17. The van der Waals surface area contributed by atoms with Gasteiger partial charge in [0.1, 0.15) is 0 Å². The molecule has 0 radical (unpaired) electrons. The van der Waals surface area contributed by atoms with Crippen LogP contribution in [-0.4, -0.2) is 25.7 Å². The molecule has 1 saturated carbocycles. The highest BCUT2D eigenvalue weighted by Gasteiger charge is 2.28. The van der Waals surface area contributed by atoms with Gasteiger partial charge in [-0.25, -0.2) is 0 Å². The lowest BCUT2D eigenvalue weighted by atomic mass is 9.78. The highest BCUT2D eigenvalue weighted by molar-refractivity contribution is 6.32. The molecular weight excluding hydrogens is 314 g/mol. The Hall–Kier alpha value is -1.42. The fourth-order valence-corrected chi connectivity index (χ4v) is 3.44. The Morgan fingerprint density at radius 2 is 2.09 bits per heavy atom. The molecule has 1 fully saturated rings. The molecule has 1 aromatic rings. The Balaban J connectivity index is 2.17. The second kappa shape index (κ2) is 7.91. The van der Waals surface area contributed by atoms with E-state index in [1.807, 2.05) is 6.92 Å². The van der Waals surface area contributed by atoms with E-state index in [-0.39, 0.29) is 11.9 Å². The first kappa shape index (κ1) is 17.9. The number of hydrogen-bond acceptors (Lipinski definition) is 3. The lowest BCUT2D eigenvalue weighted by Gasteiger charge is -2.34. The maximum atomic E-state index is 12.6. The smallest absolute Gasteiger partial charge is 0.251 e. The molecule has 23 heavy (non-hydrogen) atoms. The van der Waals surface area contributed by atoms with Crippen molar-refractivity contribution in [1.29, 1.82) is 0 Å². The standard InChI is InChI=1S/C18H26ClNO3/c1-5-23-17-14(19)9-13(10-16(17)22-4)18(21)20-15-8-6-7-11(2)12(15)3/h9-12,15H,5-8H2,1-4H3,(H,20,21)/t11-,12-,15+/m0/s1. The van der Waals surface area contributed by atoms with E-state index in [4.69, 9.17) is 21.1 Å². The summed E-state index contributed by atoms with van der Waals surface area (Å²) < 4.78 is 10.8. The molecule has 2 rings (SSSR count). The molecule has 0 aromatic heterocycles. The van der Waals surface area contributed by atoms with Crippen molar-refractivity contribution in [3.63, 3.8) is 0 Å². The van der Waals surface area contributed by atoms with E-state index in [2.05, 4.69) is 19.2 Å². The molecule has 3 atom stereocenters. The van der Waals surface area contributed by atoms with Gasteiger partial charge in [-0.05, 0) is 37.3 Å². The zero-order valence-electron chi connectivity index (χ0n) is 14.3. The van der Waals surface area contributed by atoms with Crippen LogP contribution in [0.1, 0.15) is 50.4 Å². The van der Waals surface area contributed by atoms with Gasteiger partial charge in [0.2, 0.25) is 0 Å². The van der Waals surface area contributed by atoms with Crippen molar-refractivity contribution in [3.8, 4) is 11.5 Å². The lowest BCUT2D eigenvalue weighted by Crippen LogP contribution is -2.43. The first-order valence-electron chi connectivity index (χ1n) is 8.29. The van der Waals surface area contributed by atoms with Crippen LogP contribution in [0.5, 0.6) is 11.5 Å². The van der Waals surface area contributed by atoms with E-state index in [9.17, 15) is 4.79 Å². The highest BCUT2D eigenvalue weighted by Crippen LogP contribution is 2.36. The van der Waals surface area contributed by atoms with Gasteiger partial charge in [0.15, 0.2) is 11.5 Å². The topological polar surface area (TPSA) is 47.6 Å². The van der Waals surface area contributed by atoms with Gasteiger partial charge in [-0.1, -0.05) is 38.3 Å². The molecule has 0 heterocycles. The molecule has 1 aromatic carbocycles. The molecule has 0 unspecified atom stereocenters. The molecule has 0 saturated heterocycles. The number of nitrogens with one attached hydrogen (secondary N) is 1. The summed E-state index contributed by atoms with van der Waals surface area (Å²) in [5, 5.41) is 3.54. The third kappa shape index (κ3) is 4.11. The summed E-state index contributed by atoms with van der Waals surface area (Å²) in [5.41, 5.74) is 0.501. The van der Waals surface area contributed by atoms with Gasteiger partial charge in [0.05, 0.1) is 18.7 Å². The number of amides is 1. The number of carbonyl (C=O) groups is 1. The van der Waals surface area contributed by atoms with Gasteiger partial charge < -0.3 is 14.8 Å². The largest absolute Gasteiger partial charge is 0.493 e. The zero-order chi connectivity index (χ0) is 17.0. The van der Waals surface area contributed by atoms with Crippen LogP contribution in [0, 0.1) is 11.8 Å². The van der Waals surface area contributed by atoms with Crippen LogP contribution in [0.2, 0.25) is 5.02 Å². The van der Waals surface area contributed by atoms with Crippen LogP contribution in [0.15, 0.2) is 12.1 Å². The number of halogens is 1. The summed E-state index contributed by atoms with van der Waals surface area (Å²) in [5.74, 6) is 1.96. The van der Waals surface area contributed by atoms with Crippen molar-refractivity contribution in [2.45, 2.75) is 46.1 Å². The first-order valence-corrected chi connectivity index (χ1v) is 8.66. The van der Waals surface area contributed by atoms with E-state index in [0.717, 1.165) is 12.8 Å². The Morgan fingerprint density at radius 1 is 1.35 bits per heavy atom. The minimum atomic E-state index is -0.112. The Bertz CT molecular complexity index is 561. The Labute approximate surface area is 143 Å². The van der Waals surface area contributed by atoms with E-state index in [1.165, 1.54) is 6.42 Å². The van der Waals surface area contributed by atoms with Crippen LogP contribution < -0.4 is 14.8 Å². The highest BCUT2D eigenvalue weighted by atomic mass is 35.5. The number of rotatable bonds is 5. The molecule has 4 nitrogen and oxygen atoms in total. The monoisotopic (exact) mass is 339 g/mol. The second-order valence-corrected chi connectivity index (χ2v) is 6.68. The second-order valence-electron chi connectivity index (χ2n) is 6.27. The van der Waals surface area contributed by atoms with Crippen molar-refractivity contribution in [3.05, 3.63) is 22.7 Å². The van der Waals surface area contributed by atoms with E-state index < -0.39 is 0 Å². The predicted molar refractivity (Wildman–Crippen MR) is 92.6 cm³/mol. The van der Waals surface area contributed by atoms with Gasteiger partial charge in [-0.3, -0.25) is 4.79 Å². The minimum Gasteiger partial charge on any atom is -0.493 e. The first-order chi connectivity index (χ1) is 11.0. The fraction of sp³-hybridized carbons (Fsp3) is 0.611. The SMILES string of the molecule is CCOc1c(Cl)cc(C(=O)N[C@@H]2CCC[C@H](C)[C@@H]2C)cc1OC.